The first-order valence-corrected chi connectivity index (χ1v) is 7.52. The highest BCUT2D eigenvalue weighted by Gasteiger charge is 2.26. The first-order chi connectivity index (χ1) is 10.2. The molecule has 6 heteroatoms. The van der Waals surface area contributed by atoms with E-state index in [1.54, 1.807) is 0 Å². The normalized spacial score (nSPS) is 18.1. The Morgan fingerprint density at radius 3 is 3.05 bits per heavy atom. The highest BCUT2D eigenvalue weighted by molar-refractivity contribution is 5.99. The molecule has 0 atom stereocenters. The number of oxime groups is 1. The highest BCUT2D eigenvalue weighted by atomic mass is 16.5. The Balaban J connectivity index is 1.72. The monoisotopic (exact) mass is 290 g/mol. The van der Waals surface area contributed by atoms with Gasteiger partial charge in [-0.25, -0.2) is 4.98 Å². The maximum absolute atomic E-state index is 8.93. The molecule has 114 valence electrons. The summed E-state index contributed by atoms with van der Waals surface area (Å²) < 4.78 is 5.81. The van der Waals surface area contributed by atoms with Crippen molar-refractivity contribution in [2.24, 2.45) is 10.9 Å². The minimum atomic E-state index is 0.0581. The van der Waals surface area contributed by atoms with Crippen LogP contribution >= 0.6 is 0 Å². The Hall–Kier alpha value is -1.82. The fraction of sp³-hybridized carbons (Fsp3) is 0.600. The van der Waals surface area contributed by atoms with E-state index < -0.39 is 0 Å². The van der Waals surface area contributed by atoms with Crippen LogP contribution in [0.4, 0.5) is 0 Å². The van der Waals surface area contributed by atoms with E-state index in [0.717, 1.165) is 31.5 Å². The first-order valence-electron chi connectivity index (χ1n) is 7.52. The lowest BCUT2D eigenvalue weighted by molar-refractivity contribution is 0.225. The number of aromatic nitrogens is 1. The Kier molecular flexibility index (Phi) is 3.96. The molecular weight excluding hydrogens is 268 g/mol. The van der Waals surface area contributed by atoms with Crippen molar-refractivity contribution in [1.82, 2.24) is 9.88 Å². The van der Waals surface area contributed by atoms with Gasteiger partial charge in [-0.3, -0.25) is 0 Å². The zero-order valence-corrected chi connectivity index (χ0v) is 12.4. The molecule has 1 aromatic heterocycles. The number of likely N-dealkylation sites (N-methyl/N-ethyl adjacent to an activating group) is 1. The zero-order chi connectivity index (χ0) is 14.8. The lowest BCUT2D eigenvalue weighted by atomic mass is 10.1. The van der Waals surface area contributed by atoms with Gasteiger partial charge in [-0.1, -0.05) is 5.16 Å². The Labute approximate surface area is 124 Å². The van der Waals surface area contributed by atoms with Crippen LogP contribution < -0.4 is 10.5 Å². The van der Waals surface area contributed by atoms with Gasteiger partial charge in [0.25, 0.3) is 0 Å². The topological polar surface area (TPSA) is 84.0 Å². The zero-order valence-electron chi connectivity index (χ0n) is 12.4. The molecule has 1 heterocycles. The SMILES string of the molecule is CN(CCOc1nc2c(cc1C(N)=NO)CCC2)C1CC1. The van der Waals surface area contributed by atoms with Crippen LogP contribution in [0, 0.1) is 0 Å². The van der Waals surface area contributed by atoms with E-state index in [2.05, 4.69) is 22.1 Å². The van der Waals surface area contributed by atoms with Crippen molar-refractivity contribution in [3.8, 4) is 5.88 Å². The highest BCUT2D eigenvalue weighted by Crippen LogP contribution is 2.27. The minimum Gasteiger partial charge on any atom is -0.476 e. The largest absolute Gasteiger partial charge is 0.476 e. The van der Waals surface area contributed by atoms with Gasteiger partial charge in [-0.05, 0) is 50.8 Å². The number of hydrogen-bond acceptors (Lipinski definition) is 5. The fourth-order valence-corrected chi connectivity index (χ4v) is 2.78. The lowest BCUT2D eigenvalue weighted by Crippen LogP contribution is -2.27. The quantitative estimate of drug-likeness (QED) is 0.355. The van der Waals surface area contributed by atoms with Crippen molar-refractivity contribution >= 4 is 5.84 Å². The summed E-state index contributed by atoms with van der Waals surface area (Å²) in [6.45, 7) is 1.42. The molecular formula is C15H22N4O2. The van der Waals surface area contributed by atoms with E-state index in [-0.39, 0.29) is 5.84 Å². The van der Waals surface area contributed by atoms with Crippen LogP contribution in [0.25, 0.3) is 0 Å². The van der Waals surface area contributed by atoms with E-state index in [1.807, 2.05) is 6.07 Å². The van der Waals surface area contributed by atoms with Crippen molar-refractivity contribution in [3.63, 3.8) is 0 Å². The van der Waals surface area contributed by atoms with Crippen molar-refractivity contribution in [2.45, 2.75) is 38.1 Å². The van der Waals surface area contributed by atoms with E-state index >= 15 is 0 Å². The van der Waals surface area contributed by atoms with Gasteiger partial charge in [0.1, 0.15) is 6.61 Å². The number of amidine groups is 1. The van der Waals surface area contributed by atoms with Gasteiger partial charge < -0.3 is 20.6 Å². The first kappa shape index (κ1) is 14.1. The summed E-state index contributed by atoms with van der Waals surface area (Å²) in [6, 6.07) is 2.66. The van der Waals surface area contributed by atoms with Crippen LogP contribution in [-0.4, -0.2) is 47.2 Å². The summed E-state index contributed by atoms with van der Waals surface area (Å²) in [6.07, 6.45) is 5.64. The molecule has 0 aliphatic heterocycles. The number of aryl methyl sites for hydroxylation is 2. The minimum absolute atomic E-state index is 0.0581. The van der Waals surface area contributed by atoms with E-state index in [9.17, 15) is 0 Å². The number of nitrogens with two attached hydrogens (primary N) is 1. The van der Waals surface area contributed by atoms with E-state index in [0.29, 0.717) is 24.1 Å². The molecule has 3 N–H and O–H groups in total. The molecule has 3 rings (SSSR count). The van der Waals surface area contributed by atoms with Crippen molar-refractivity contribution in [3.05, 3.63) is 22.9 Å². The molecule has 6 nitrogen and oxygen atoms in total. The van der Waals surface area contributed by atoms with Crippen molar-refractivity contribution in [2.75, 3.05) is 20.2 Å². The lowest BCUT2D eigenvalue weighted by Gasteiger charge is -2.17. The van der Waals surface area contributed by atoms with Crippen LogP contribution in [0.3, 0.4) is 0 Å². The average Bonchev–Trinajstić information content (AvgIpc) is 3.25. The standard InChI is InChI=1S/C15H22N4O2/c1-19(11-5-6-11)7-8-21-15-12(14(16)18-20)9-10-3-2-4-13(10)17-15/h9,11,20H,2-8H2,1H3,(H2,16,18). The second-order valence-electron chi connectivity index (χ2n) is 5.85. The van der Waals surface area contributed by atoms with Gasteiger partial charge in [0.2, 0.25) is 5.88 Å². The van der Waals surface area contributed by atoms with Crippen molar-refractivity contribution in [1.29, 1.82) is 0 Å². The van der Waals surface area contributed by atoms with Gasteiger partial charge in [0.15, 0.2) is 5.84 Å². The van der Waals surface area contributed by atoms with E-state index in [4.69, 9.17) is 15.7 Å². The molecule has 2 aliphatic rings. The number of pyridine rings is 1. The molecule has 0 unspecified atom stereocenters. The van der Waals surface area contributed by atoms with Crippen LogP contribution in [0.1, 0.15) is 36.1 Å². The predicted octanol–water partition coefficient (Wildman–Crippen LogP) is 1.14. The summed E-state index contributed by atoms with van der Waals surface area (Å²) >= 11 is 0. The van der Waals surface area contributed by atoms with Gasteiger partial charge in [0.05, 0.1) is 5.56 Å². The summed E-state index contributed by atoms with van der Waals surface area (Å²) in [7, 11) is 2.11. The average molecular weight is 290 g/mol. The van der Waals surface area contributed by atoms with Gasteiger partial charge in [0, 0.05) is 18.3 Å². The number of nitrogens with zero attached hydrogens (tertiary/aromatic N) is 3. The second-order valence-corrected chi connectivity index (χ2v) is 5.85. The molecule has 0 bridgehead atoms. The van der Waals surface area contributed by atoms with Gasteiger partial charge in [-0.2, -0.15) is 0 Å². The van der Waals surface area contributed by atoms with Crippen LogP contribution in [-0.2, 0) is 12.8 Å². The maximum atomic E-state index is 8.93. The van der Waals surface area contributed by atoms with Gasteiger partial charge >= 0.3 is 0 Å². The second kappa shape index (κ2) is 5.89. The summed E-state index contributed by atoms with van der Waals surface area (Å²) in [5.74, 6) is 0.540. The van der Waals surface area contributed by atoms with Gasteiger partial charge in [-0.15, -0.1) is 0 Å². The fourth-order valence-electron chi connectivity index (χ4n) is 2.78. The third kappa shape index (κ3) is 3.10. The predicted molar refractivity (Wildman–Crippen MR) is 79.9 cm³/mol. The van der Waals surface area contributed by atoms with E-state index in [1.165, 1.54) is 18.4 Å². The molecule has 0 saturated heterocycles. The number of fused-ring (bicyclic) bond motifs is 1. The Morgan fingerprint density at radius 1 is 1.52 bits per heavy atom. The maximum Gasteiger partial charge on any atom is 0.224 e. The summed E-state index contributed by atoms with van der Waals surface area (Å²) in [4.78, 5) is 6.87. The molecule has 2 aliphatic carbocycles. The number of ether oxygens (including phenoxy) is 1. The molecule has 0 spiro atoms. The summed E-state index contributed by atoms with van der Waals surface area (Å²) in [5.41, 5.74) is 8.60. The third-order valence-corrected chi connectivity index (χ3v) is 4.25. The molecule has 1 saturated carbocycles. The van der Waals surface area contributed by atoms with Crippen LogP contribution in [0.5, 0.6) is 5.88 Å². The van der Waals surface area contributed by atoms with Crippen LogP contribution in [0.15, 0.2) is 11.2 Å². The molecule has 0 aromatic carbocycles. The third-order valence-electron chi connectivity index (χ3n) is 4.25. The molecule has 1 fully saturated rings. The smallest absolute Gasteiger partial charge is 0.224 e. The Bertz CT molecular complexity index is 555. The van der Waals surface area contributed by atoms with Crippen LogP contribution in [0.2, 0.25) is 0 Å². The summed E-state index contributed by atoms with van der Waals surface area (Å²) in [5, 5.41) is 12.0. The Morgan fingerprint density at radius 2 is 2.33 bits per heavy atom. The molecule has 1 aromatic rings. The van der Waals surface area contributed by atoms with Crippen molar-refractivity contribution < 1.29 is 9.94 Å². The molecule has 0 radical (unpaired) electrons. The number of hydrogen-bond donors (Lipinski definition) is 2. The molecule has 0 amide bonds. The number of rotatable bonds is 6. The molecule has 21 heavy (non-hydrogen) atoms.